The zero-order chi connectivity index (χ0) is 19.5. The molecule has 2 N–H and O–H groups in total. The van der Waals surface area contributed by atoms with Crippen LogP contribution in [-0.2, 0) is 19.5 Å². The van der Waals surface area contributed by atoms with E-state index in [2.05, 4.69) is 15.6 Å². The topological polar surface area (TPSA) is 76.0 Å². The summed E-state index contributed by atoms with van der Waals surface area (Å²) in [6.45, 7) is 0.996. The van der Waals surface area contributed by atoms with Gasteiger partial charge in [0.25, 0.3) is 11.8 Å². The van der Waals surface area contributed by atoms with Crippen molar-refractivity contribution < 1.29 is 14.0 Å². The van der Waals surface area contributed by atoms with Crippen LogP contribution in [-0.4, -0.2) is 27.4 Å². The van der Waals surface area contributed by atoms with Gasteiger partial charge in [0.15, 0.2) is 5.82 Å². The lowest BCUT2D eigenvalue weighted by Crippen LogP contribution is -2.35. The van der Waals surface area contributed by atoms with E-state index in [1.165, 1.54) is 12.1 Å². The van der Waals surface area contributed by atoms with Gasteiger partial charge in [-0.3, -0.25) is 9.59 Å². The minimum atomic E-state index is -0.309. The highest BCUT2D eigenvalue weighted by Crippen LogP contribution is 2.23. The summed E-state index contributed by atoms with van der Waals surface area (Å²) >= 11 is 0. The molecule has 1 aliphatic carbocycles. The molecule has 1 aliphatic heterocycles. The number of carbonyl (C=O) groups excluding carboxylic acids is 2. The van der Waals surface area contributed by atoms with Gasteiger partial charge in [-0.25, -0.2) is 9.37 Å². The number of halogens is 1. The predicted octanol–water partition coefficient (Wildman–Crippen LogP) is 2.96. The molecular formula is C21H25FN4O2. The number of hydrogen-bond acceptors (Lipinski definition) is 3. The molecule has 0 unspecified atom stereocenters. The lowest BCUT2D eigenvalue weighted by atomic mass is 10.1. The van der Waals surface area contributed by atoms with E-state index in [0.29, 0.717) is 18.1 Å². The average molecular weight is 384 g/mol. The third-order valence-electron chi connectivity index (χ3n) is 5.59. The van der Waals surface area contributed by atoms with Crippen molar-refractivity contribution in [1.82, 2.24) is 20.2 Å². The van der Waals surface area contributed by atoms with Gasteiger partial charge in [0.2, 0.25) is 0 Å². The van der Waals surface area contributed by atoms with Gasteiger partial charge in [0, 0.05) is 19.1 Å². The highest BCUT2D eigenvalue weighted by atomic mass is 19.1. The first-order valence-corrected chi connectivity index (χ1v) is 10.0. The Morgan fingerprint density at radius 2 is 1.82 bits per heavy atom. The molecule has 1 fully saturated rings. The Labute approximate surface area is 163 Å². The van der Waals surface area contributed by atoms with E-state index < -0.39 is 0 Å². The average Bonchev–Trinajstić information content (AvgIpc) is 3.35. The van der Waals surface area contributed by atoms with Crippen LogP contribution in [0, 0.1) is 5.82 Å². The normalized spacial score (nSPS) is 16.6. The molecule has 0 atom stereocenters. The van der Waals surface area contributed by atoms with Crippen molar-refractivity contribution in [3.8, 4) is 0 Å². The van der Waals surface area contributed by atoms with E-state index in [1.807, 2.05) is 4.57 Å². The van der Waals surface area contributed by atoms with Crippen molar-refractivity contribution in [3.63, 3.8) is 0 Å². The molecule has 2 aromatic rings. The maximum Gasteiger partial charge on any atom is 0.287 e. The molecule has 28 heavy (non-hydrogen) atoms. The SMILES string of the molecule is O=C(NCc1ccc(F)cc1)c1nc(C(=O)NC2CCCC2)n2c1CCCC2. The lowest BCUT2D eigenvalue weighted by Gasteiger charge is -2.18. The standard InChI is InChI=1S/C21H25FN4O2/c22-15-10-8-14(9-11-15)13-23-20(27)18-17-7-3-4-12-26(17)19(25-18)21(28)24-16-5-1-2-6-16/h8-11,16H,1-7,12-13H2,(H,23,27)(H,24,28). The van der Waals surface area contributed by atoms with Crippen LogP contribution in [0.25, 0.3) is 0 Å². The van der Waals surface area contributed by atoms with E-state index in [0.717, 1.165) is 56.2 Å². The van der Waals surface area contributed by atoms with E-state index in [1.54, 1.807) is 12.1 Å². The van der Waals surface area contributed by atoms with Crippen LogP contribution < -0.4 is 10.6 Å². The summed E-state index contributed by atoms with van der Waals surface area (Å²) in [4.78, 5) is 29.9. The van der Waals surface area contributed by atoms with E-state index in [-0.39, 0.29) is 30.2 Å². The summed E-state index contributed by atoms with van der Waals surface area (Å²) in [5, 5.41) is 5.91. The molecule has 1 aromatic carbocycles. The van der Waals surface area contributed by atoms with E-state index in [9.17, 15) is 14.0 Å². The number of fused-ring (bicyclic) bond motifs is 1. The van der Waals surface area contributed by atoms with Crippen LogP contribution in [0.1, 0.15) is 70.9 Å². The maximum atomic E-state index is 13.0. The fourth-order valence-electron chi connectivity index (χ4n) is 4.09. The molecule has 1 saturated carbocycles. The number of nitrogens with zero attached hydrogens (tertiary/aromatic N) is 2. The highest BCUT2D eigenvalue weighted by Gasteiger charge is 2.28. The Balaban J connectivity index is 1.51. The molecule has 0 bridgehead atoms. The molecule has 148 valence electrons. The molecule has 7 heteroatoms. The summed E-state index contributed by atoms with van der Waals surface area (Å²) in [6, 6.07) is 6.22. The number of benzene rings is 1. The number of amides is 2. The molecule has 2 amide bonds. The molecule has 2 aliphatic rings. The molecule has 0 spiro atoms. The Hall–Kier alpha value is -2.70. The monoisotopic (exact) mass is 384 g/mol. The number of aromatic nitrogens is 2. The Bertz CT molecular complexity index is 869. The second-order valence-corrected chi connectivity index (χ2v) is 7.60. The number of imidazole rings is 1. The lowest BCUT2D eigenvalue weighted by molar-refractivity contribution is 0.0921. The number of nitrogens with one attached hydrogen (secondary N) is 2. The summed E-state index contributed by atoms with van der Waals surface area (Å²) in [7, 11) is 0. The summed E-state index contributed by atoms with van der Waals surface area (Å²) in [5.41, 5.74) is 1.97. The van der Waals surface area contributed by atoms with Gasteiger partial charge in [-0.15, -0.1) is 0 Å². The number of carbonyl (C=O) groups is 2. The molecule has 6 nitrogen and oxygen atoms in total. The molecular weight excluding hydrogens is 359 g/mol. The van der Waals surface area contributed by atoms with Crippen LogP contribution in [0.3, 0.4) is 0 Å². The maximum absolute atomic E-state index is 13.0. The first-order valence-electron chi connectivity index (χ1n) is 10.0. The van der Waals surface area contributed by atoms with Gasteiger partial charge >= 0.3 is 0 Å². The third-order valence-corrected chi connectivity index (χ3v) is 5.59. The molecule has 1 aromatic heterocycles. The van der Waals surface area contributed by atoms with Crippen molar-refractivity contribution in [3.05, 3.63) is 52.9 Å². The van der Waals surface area contributed by atoms with Crippen LogP contribution >= 0.6 is 0 Å². The Kier molecular flexibility index (Phi) is 5.41. The third kappa shape index (κ3) is 3.93. The van der Waals surface area contributed by atoms with Gasteiger partial charge in [0.05, 0.1) is 5.69 Å². The van der Waals surface area contributed by atoms with Crippen LogP contribution in [0.15, 0.2) is 24.3 Å². The second kappa shape index (κ2) is 8.12. The summed E-state index contributed by atoms with van der Waals surface area (Å²) < 4.78 is 14.9. The van der Waals surface area contributed by atoms with Gasteiger partial charge < -0.3 is 15.2 Å². The fraction of sp³-hybridized carbons (Fsp3) is 0.476. The first kappa shape index (κ1) is 18.7. The highest BCUT2D eigenvalue weighted by molar-refractivity contribution is 5.97. The van der Waals surface area contributed by atoms with Crippen LogP contribution in [0.2, 0.25) is 0 Å². The van der Waals surface area contributed by atoms with Gasteiger partial charge in [0.1, 0.15) is 11.5 Å². The zero-order valence-corrected chi connectivity index (χ0v) is 15.8. The first-order chi connectivity index (χ1) is 13.6. The van der Waals surface area contributed by atoms with Crippen molar-refractivity contribution >= 4 is 11.8 Å². The Morgan fingerprint density at radius 1 is 1.07 bits per heavy atom. The fourth-order valence-corrected chi connectivity index (χ4v) is 4.09. The van der Waals surface area contributed by atoms with Crippen molar-refractivity contribution in [2.24, 2.45) is 0 Å². The molecule has 0 radical (unpaired) electrons. The molecule has 0 saturated heterocycles. The minimum absolute atomic E-state index is 0.187. The number of rotatable bonds is 5. The minimum Gasteiger partial charge on any atom is -0.347 e. The zero-order valence-electron chi connectivity index (χ0n) is 15.8. The van der Waals surface area contributed by atoms with E-state index in [4.69, 9.17) is 0 Å². The van der Waals surface area contributed by atoms with Gasteiger partial charge in [-0.05, 0) is 49.8 Å². The van der Waals surface area contributed by atoms with Crippen molar-refractivity contribution in [2.75, 3.05) is 0 Å². The van der Waals surface area contributed by atoms with Crippen molar-refractivity contribution in [1.29, 1.82) is 0 Å². The van der Waals surface area contributed by atoms with Crippen LogP contribution in [0.5, 0.6) is 0 Å². The van der Waals surface area contributed by atoms with Crippen LogP contribution in [0.4, 0.5) is 4.39 Å². The number of hydrogen-bond donors (Lipinski definition) is 2. The Morgan fingerprint density at radius 3 is 2.57 bits per heavy atom. The summed E-state index contributed by atoms with van der Waals surface area (Å²) in [5.74, 6) is -0.452. The summed E-state index contributed by atoms with van der Waals surface area (Å²) in [6.07, 6.45) is 6.98. The van der Waals surface area contributed by atoms with Crippen molar-refractivity contribution in [2.45, 2.75) is 64.1 Å². The predicted molar refractivity (Wildman–Crippen MR) is 102 cm³/mol. The van der Waals surface area contributed by atoms with Gasteiger partial charge in [-0.2, -0.15) is 0 Å². The second-order valence-electron chi connectivity index (χ2n) is 7.60. The molecule has 2 heterocycles. The quantitative estimate of drug-likeness (QED) is 0.832. The largest absolute Gasteiger partial charge is 0.347 e. The van der Waals surface area contributed by atoms with Gasteiger partial charge in [-0.1, -0.05) is 25.0 Å². The molecule has 4 rings (SSSR count). The van der Waals surface area contributed by atoms with E-state index >= 15 is 0 Å². The smallest absolute Gasteiger partial charge is 0.287 e.